The van der Waals surface area contributed by atoms with Crippen LogP contribution in [0.2, 0.25) is 10.0 Å². The first kappa shape index (κ1) is 17.0. The normalized spacial score (nSPS) is 17.6. The van der Waals surface area contributed by atoms with E-state index in [0.29, 0.717) is 40.2 Å². The average Bonchev–Trinajstić information content (AvgIpc) is 3.30. The molecule has 0 spiro atoms. The first-order valence-corrected chi connectivity index (χ1v) is 8.70. The predicted octanol–water partition coefficient (Wildman–Crippen LogP) is 3.53. The standard InChI is InChI=1S/C18H14Cl2N2O4/c19-12-3-2-11(6-13(12)20)14-7-17(26-22-14)18(23)21-8-10-1-4-15-16(5-10)25-9-24-15/h1-6,17H,7-9H2,(H,21,23)/t17-/m0/s1. The third kappa shape index (κ3) is 3.43. The molecule has 1 N–H and O–H groups in total. The number of hydrogen-bond acceptors (Lipinski definition) is 5. The second-order valence-electron chi connectivity index (χ2n) is 5.87. The van der Waals surface area contributed by atoms with Gasteiger partial charge in [0, 0.05) is 18.5 Å². The second-order valence-corrected chi connectivity index (χ2v) is 6.68. The van der Waals surface area contributed by atoms with Gasteiger partial charge in [-0.1, -0.05) is 40.5 Å². The lowest BCUT2D eigenvalue weighted by molar-refractivity contribution is -0.131. The highest BCUT2D eigenvalue weighted by Crippen LogP contribution is 2.32. The minimum absolute atomic E-state index is 0.218. The first-order chi connectivity index (χ1) is 12.6. The Morgan fingerprint density at radius 1 is 1.12 bits per heavy atom. The van der Waals surface area contributed by atoms with Crippen LogP contribution in [0.5, 0.6) is 11.5 Å². The van der Waals surface area contributed by atoms with Gasteiger partial charge in [-0.15, -0.1) is 0 Å². The van der Waals surface area contributed by atoms with Crippen LogP contribution in [0, 0.1) is 0 Å². The van der Waals surface area contributed by atoms with Gasteiger partial charge in [0.2, 0.25) is 12.9 Å². The van der Waals surface area contributed by atoms with Gasteiger partial charge in [0.15, 0.2) is 11.5 Å². The van der Waals surface area contributed by atoms with Gasteiger partial charge in [-0.2, -0.15) is 0 Å². The Hall–Kier alpha value is -2.44. The molecule has 2 aliphatic heterocycles. The van der Waals surface area contributed by atoms with Crippen LogP contribution < -0.4 is 14.8 Å². The number of nitrogens with zero attached hydrogens (tertiary/aromatic N) is 1. The summed E-state index contributed by atoms with van der Waals surface area (Å²) < 4.78 is 10.6. The van der Waals surface area contributed by atoms with Crippen LogP contribution in [0.4, 0.5) is 0 Å². The molecule has 0 fully saturated rings. The molecular formula is C18H14Cl2N2O4. The molecule has 2 aliphatic rings. The van der Waals surface area contributed by atoms with Crippen molar-refractivity contribution in [2.45, 2.75) is 19.1 Å². The van der Waals surface area contributed by atoms with Crippen LogP contribution in [0.3, 0.4) is 0 Å². The summed E-state index contributed by atoms with van der Waals surface area (Å²) >= 11 is 11.9. The first-order valence-electron chi connectivity index (χ1n) is 7.94. The molecule has 8 heteroatoms. The number of nitrogens with one attached hydrogen (secondary N) is 1. The van der Waals surface area contributed by atoms with Gasteiger partial charge in [0.25, 0.3) is 5.91 Å². The fourth-order valence-electron chi connectivity index (χ4n) is 2.72. The lowest BCUT2D eigenvalue weighted by atomic mass is 10.0. The van der Waals surface area contributed by atoms with Crippen molar-refractivity contribution >= 4 is 34.8 Å². The topological polar surface area (TPSA) is 69.2 Å². The van der Waals surface area contributed by atoms with Crippen molar-refractivity contribution in [2.75, 3.05) is 6.79 Å². The number of ether oxygens (including phenoxy) is 2. The zero-order valence-electron chi connectivity index (χ0n) is 13.5. The number of carbonyl (C=O) groups excluding carboxylic acids is 1. The Balaban J connectivity index is 1.34. The molecule has 1 amide bonds. The van der Waals surface area contributed by atoms with E-state index in [1.807, 2.05) is 18.2 Å². The van der Waals surface area contributed by atoms with Crippen LogP contribution in [0.1, 0.15) is 17.5 Å². The van der Waals surface area contributed by atoms with Crippen molar-refractivity contribution in [1.29, 1.82) is 0 Å². The number of fused-ring (bicyclic) bond motifs is 1. The maximum Gasteiger partial charge on any atom is 0.264 e. The highest BCUT2D eigenvalue weighted by atomic mass is 35.5. The number of rotatable bonds is 4. The quantitative estimate of drug-likeness (QED) is 0.863. The van der Waals surface area contributed by atoms with Crippen molar-refractivity contribution in [1.82, 2.24) is 5.32 Å². The van der Waals surface area contributed by atoms with E-state index in [9.17, 15) is 4.79 Å². The summed E-state index contributed by atoms with van der Waals surface area (Å²) in [6.07, 6.45) is -0.307. The molecule has 0 unspecified atom stereocenters. The maximum atomic E-state index is 12.3. The molecule has 1 atom stereocenters. The fourth-order valence-corrected chi connectivity index (χ4v) is 3.02. The van der Waals surface area contributed by atoms with E-state index < -0.39 is 6.10 Å². The van der Waals surface area contributed by atoms with Crippen LogP contribution >= 0.6 is 23.2 Å². The van der Waals surface area contributed by atoms with E-state index in [-0.39, 0.29) is 12.7 Å². The van der Waals surface area contributed by atoms with Crippen molar-refractivity contribution < 1.29 is 19.1 Å². The average molecular weight is 393 g/mol. The Labute approximate surface area is 159 Å². The Morgan fingerprint density at radius 3 is 2.81 bits per heavy atom. The minimum Gasteiger partial charge on any atom is -0.454 e. The number of hydrogen-bond donors (Lipinski definition) is 1. The number of amides is 1. The Kier molecular flexibility index (Phi) is 4.61. The Morgan fingerprint density at radius 2 is 1.96 bits per heavy atom. The summed E-state index contributed by atoms with van der Waals surface area (Å²) in [5.41, 5.74) is 2.35. The van der Waals surface area contributed by atoms with E-state index in [0.717, 1.165) is 11.1 Å². The summed E-state index contributed by atoms with van der Waals surface area (Å²) in [6.45, 7) is 0.577. The summed E-state index contributed by atoms with van der Waals surface area (Å²) in [5.74, 6) is 1.15. The molecule has 2 heterocycles. The molecule has 0 saturated heterocycles. The maximum absolute atomic E-state index is 12.3. The van der Waals surface area contributed by atoms with Crippen molar-refractivity contribution in [3.8, 4) is 11.5 Å². The Bertz CT molecular complexity index is 901. The number of halogens is 2. The zero-order valence-corrected chi connectivity index (χ0v) is 15.0. The molecule has 0 aromatic heterocycles. The van der Waals surface area contributed by atoms with Gasteiger partial charge in [-0.3, -0.25) is 4.79 Å². The van der Waals surface area contributed by atoms with Gasteiger partial charge in [0.05, 0.1) is 15.8 Å². The predicted molar refractivity (Wildman–Crippen MR) is 96.9 cm³/mol. The third-order valence-electron chi connectivity index (χ3n) is 4.12. The highest BCUT2D eigenvalue weighted by molar-refractivity contribution is 6.42. The smallest absolute Gasteiger partial charge is 0.264 e. The van der Waals surface area contributed by atoms with Crippen LogP contribution in [-0.2, 0) is 16.2 Å². The number of carbonyl (C=O) groups is 1. The molecule has 134 valence electrons. The van der Waals surface area contributed by atoms with E-state index in [4.69, 9.17) is 37.5 Å². The van der Waals surface area contributed by atoms with Crippen LogP contribution in [0.15, 0.2) is 41.6 Å². The lowest BCUT2D eigenvalue weighted by Gasteiger charge is -2.10. The molecular weight excluding hydrogens is 379 g/mol. The van der Waals surface area contributed by atoms with Gasteiger partial charge in [-0.05, 0) is 29.8 Å². The van der Waals surface area contributed by atoms with Gasteiger partial charge >= 0.3 is 0 Å². The second kappa shape index (κ2) is 7.05. The lowest BCUT2D eigenvalue weighted by Crippen LogP contribution is -2.34. The van der Waals surface area contributed by atoms with Crippen molar-refractivity contribution in [3.63, 3.8) is 0 Å². The summed E-state index contributed by atoms with van der Waals surface area (Å²) in [6, 6.07) is 10.7. The SMILES string of the molecule is O=C(NCc1ccc2c(c1)OCO2)[C@@H]1CC(c2ccc(Cl)c(Cl)c2)=NO1. The molecule has 0 bridgehead atoms. The van der Waals surface area contributed by atoms with Gasteiger partial charge in [0.1, 0.15) is 0 Å². The summed E-state index contributed by atoms with van der Waals surface area (Å²) in [4.78, 5) is 17.6. The molecule has 0 saturated carbocycles. The molecule has 2 aromatic carbocycles. The van der Waals surface area contributed by atoms with E-state index >= 15 is 0 Å². The van der Waals surface area contributed by atoms with Gasteiger partial charge in [-0.25, -0.2) is 0 Å². The zero-order chi connectivity index (χ0) is 18.1. The molecule has 2 aromatic rings. The largest absolute Gasteiger partial charge is 0.454 e. The van der Waals surface area contributed by atoms with E-state index in [1.54, 1.807) is 18.2 Å². The highest BCUT2D eigenvalue weighted by Gasteiger charge is 2.29. The molecule has 26 heavy (non-hydrogen) atoms. The van der Waals surface area contributed by atoms with E-state index in [2.05, 4.69) is 10.5 Å². The third-order valence-corrected chi connectivity index (χ3v) is 4.86. The number of oxime groups is 1. The monoisotopic (exact) mass is 392 g/mol. The molecule has 6 nitrogen and oxygen atoms in total. The molecule has 4 rings (SSSR count). The van der Waals surface area contributed by atoms with E-state index in [1.165, 1.54) is 0 Å². The van der Waals surface area contributed by atoms with Gasteiger partial charge < -0.3 is 19.6 Å². The minimum atomic E-state index is -0.673. The van der Waals surface area contributed by atoms with Crippen molar-refractivity contribution in [3.05, 3.63) is 57.6 Å². The fraction of sp³-hybridized carbons (Fsp3) is 0.222. The summed E-state index contributed by atoms with van der Waals surface area (Å²) in [5, 5.41) is 7.74. The summed E-state index contributed by atoms with van der Waals surface area (Å²) in [7, 11) is 0. The van der Waals surface area contributed by atoms with Crippen molar-refractivity contribution in [2.24, 2.45) is 5.16 Å². The van der Waals surface area contributed by atoms with Crippen LogP contribution in [0.25, 0.3) is 0 Å². The van der Waals surface area contributed by atoms with Crippen LogP contribution in [-0.4, -0.2) is 24.5 Å². The molecule has 0 aliphatic carbocycles. The number of benzene rings is 2. The molecule has 0 radical (unpaired) electrons.